The number of fused-ring (bicyclic) bond motifs is 1. The normalized spacial score (nSPS) is 10.6. The number of carbonyl (C=O) groups is 1. The number of rotatable bonds is 2. The van der Waals surface area contributed by atoms with E-state index in [4.69, 9.17) is 11.6 Å². The highest BCUT2D eigenvalue weighted by molar-refractivity contribution is 6.29. The number of aromatic nitrogens is 3. The van der Waals surface area contributed by atoms with E-state index in [1.807, 2.05) is 18.2 Å². The summed E-state index contributed by atoms with van der Waals surface area (Å²) in [5, 5.41) is 3.75. The van der Waals surface area contributed by atoms with Crippen molar-refractivity contribution < 1.29 is 4.79 Å². The van der Waals surface area contributed by atoms with Crippen LogP contribution in [-0.2, 0) is 0 Å². The molecule has 3 rings (SSSR count). The Morgan fingerprint density at radius 1 is 1.26 bits per heavy atom. The second kappa shape index (κ2) is 4.70. The molecule has 1 aromatic carbocycles. The molecule has 2 N–H and O–H groups in total. The van der Waals surface area contributed by atoms with Crippen molar-refractivity contribution in [1.82, 2.24) is 15.0 Å². The van der Waals surface area contributed by atoms with Crippen molar-refractivity contribution in [3.05, 3.63) is 53.4 Å². The first-order valence-electron chi connectivity index (χ1n) is 5.60. The lowest BCUT2D eigenvalue weighted by atomic mass is 10.1. The van der Waals surface area contributed by atoms with Gasteiger partial charge in [-0.2, -0.15) is 0 Å². The van der Waals surface area contributed by atoms with Gasteiger partial charge in [0.05, 0.1) is 0 Å². The summed E-state index contributed by atoms with van der Waals surface area (Å²) in [6, 6.07) is 8.86. The van der Waals surface area contributed by atoms with Crippen LogP contribution in [0.2, 0.25) is 5.15 Å². The van der Waals surface area contributed by atoms with E-state index in [0.717, 1.165) is 10.9 Å². The van der Waals surface area contributed by atoms with Crippen LogP contribution in [0.3, 0.4) is 0 Å². The zero-order valence-electron chi connectivity index (χ0n) is 9.72. The minimum Gasteiger partial charge on any atom is -0.361 e. The van der Waals surface area contributed by atoms with E-state index in [-0.39, 0.29) is 17.0 Å². The van der Waals surface area contributed by atoms with E-state index in [1.54, 1.807) is 18.3 Å². The number of anilines is 1. The van der Waals surface area contributed by atoms with Gasteiger partial charge < -0.3 is 4.98 Å². The smallest absolute Gasteiger partial charge is 0.258 e. The highest BCUT2D eigenvalue weighted by atomic mass is 35.5. The minimum absolute atomic E-state index is 0.185. The number of hydrogen-bond donors (Lipinski definition) is 2. The Morgan fingerprint density at radius 3 is 3.00 bits per heavy atom. The molecule has 0 unspecified atom stereocenters. The third-order valence-electron chi connectivity index (χ3n) is 2.69. The standard InChI is InChI=1S/C13H9ClN4O/c14-11-5-7-16-13(17-11)18-12(19)9-2-1-3-10-8(9)4-6-15-10/h1-7,15H,(H,16,17,18,19). The average Bonchev–Trinajstić information content (AvgIpc) is 2.86. The number of aromatic amines is 1. The van der Waals surface area contributed by atoms with E-state index in [2.05, 4.69) is 20.3 Å². The van der Waals surface area contributed by atoms with Crippen LogP contribution in [0.1, 0.15) is 10.4 Å². The Hall–Kier alpha value is -2.40. The maximum Gasteiger partial charge on any atom is 0.258 e. The van der Waals surface area contributed by atoms with Crippen LogP contribution < -0.4 is 5.32 Å². The number of nitrogens with zero attached hydrogens (tertiary/aromatic N) is 2. The van der Waals surface area contributed by atoms with Gasteiger partial charge in [-0.3, -0.25) is 10.1 Å². The topological polar surface area (TPSA) is 70.7 Å². The van der Waals surface area contributed by atoms with Crippen LogP contribution in [0.4, 0.5) is 5.95 Å². The van der Waals surface area contributed by atoms with E-state index in [1.165, 1.54) is 6.20 Å². The fourth-order valence-electron chi connectivity index (χ4n) is 1.85. The summed E-state index contributed by atoms with van der Waals surface area (Å²) in [5.74, 6) is -0.0856. The van der Waals surface area contributed by atoms with E-state index in [0.29, 0.717) is 5.56 Å². The summed E-state index contributed by atoms with van der Waals surface area (Å²) in [6.07, 6.45) is 3.28. The summed E-state index contributed by atoms with van der Waals surface area (Å²) in [7, 11) is 0. The van der Waals surface area contributed by atoms with Crippen LogP contribution in [0.5, 0.6) is 0 Å². The highest BCUT2D eigenvalue weighted by Gasteiger charge is 2.11. The fourth-order valence-corrected chi connectivity index (χ4v) is 1.99. The van der Waals surface area contributed by atoms with Crippen molar-refractivity contribution in [3.63, 3.8) is 0 Å². The summed E-state index contributed by atoms with van der Waals surface area (Å²) >= 11 is 5.74. The van der Waals surface area contributed by atoms with E-state index >= 15 is 0 Å². The Morgan fingerprint density at radius 2 is 2.16 bits per heavy atom. The zero-order valence-corrected chi connectivity index (χ0v) is 10.5. The lowest BCUT2D eigenvalue weighted by Gasteiger charge is -2.04. The Balaban J connectivity index is 1.94. The summed E-state index contributed by atoms with van der Waals surface area (Å²) in [6.45, 7) is 0. The molecule has 0 aliphatic rings. The van der Waals surface area contributed by atoms with Crippen molar-refractivity contribution in [2.45, 2.75) is 0 Å². The van der Waals surface area contributed by atoms with Gasteiger partial charge in [0, 0.05) is 28.9 Å². The SMILES string of the molecule is O=C(Nc1nccc(Cl)n1)c1cccc2[nH]ccc12. The highest BCUT2D eigenvalue weighted by Crippen LogP contribution is 2.18. The summed E-state index contributed by atoms with van der Waals surface area (Å²) in [4.78, 5) is 23.1. The van der Waals surface area contributed by atoms with E-state index < -0.39 is 0 Å². The van der Waals surface area contributed by atoms with Crippen LogP contribution in [-0.4, -0.2) is 20.9 Å². The van der Waals surface area contributed by atoms with Gasteiger partial charge in [0.15, 0.2) is 0 Å². The molecule has 2 aromatic heterocycles. The van der Waals surface area contributed by atoms with Gasteiger partial charge in [-0.05, 0) is 24.3 Å². The van der Waals surface area contributed by atoms with Gasteiger partial charge in [0.2, 0.25) is 5.95 Å². The molecule has 0 aliphatic heterocycles. The van der Waals surface area contributed by atoms with Gasteiger partial charge in [-0.1, -0.05) is 17.7 Å². The molecule has 19 heavy (non-hydrogen) atoms. The molecule has 0 spiro atoms. The lowest BCUT2D eigenvalue weighted by molar-refractivity contribution is 0.102. The molecule has 2 heterocycles. The number of carbonyl (C=O) groups excluding carboxylic acids is 1. The first kappa shape index (κ1) is 11.7. The number of hydrogen-bond acceptors (Lipinski definition) is 3. The van der Waals surface area contributed by atoms with Crippen LogP contribution in [0.25, 0.3) is 10.9 Å². The van der Waals surface area contributed by atoms with Gasteiger partial charge in [-0.25, -0.2) is 9.97 Å². The Kier molecular flexibility index (Phi) is 2.89. The number of amides is 1. The third kappa shape index (κ3) is 2.28. The third-order valence-corrected chi connectivity index (χ3v) is 2.90. The van der Waals surface area contributed by atoms with Crippen molar-refractivity contribution in [1.29, 1.82) is 0 Å². The number of benzene rings is 1. The monoisotopic (exact) mass is 272 g/mol. The summed E-state index contributed by atoms with van der Waals surface area (Å²) in [5.41, 5.74) is 1.46. The fraction of sp³-hybridized carbons (Fsp3) is 0. The average molecular weight is 273 g/mol. The molecule has 0 saturated carbocycles. The maximum atomic E-state index is 12.2. The zero-order chi connectivity index (χ0) is 13.2. The Bertz CT molecular complexity index is 753. The number of nitrogens with one attached hydrogen (secondary N) is 2. The molecule has 94 valence electrons. The Labute approximate surface area is 113 Å². The molecule has 0 atom stereocenters. The molecular formula is C13H9ClN4O. The minimum atomic E-state index is -0.271. The first-order chi connectivity index (χ1) is 9.24. The van der Waals surface area contributed by atoms with Crippen molar-refractivity contribution in [3.8, 4) is 0 Å². The second-order valence-corrected chi connectivity index (χ2v) is 4.29. The number of H-pyrrole nitrogens is 1. The maximum absolute atomic E-state index is 12.2. The molecule has 3 aromatic rings. The lowest BCUT2D eigenvalue weighted by Crippen LogP contribution is -2.14. The largest absolute Gasteiger partial charge is 0.361 e. The molecule has 5 nitrogen and oxygen atoms in total. The van der Waals surface area contributed by atoms with Gasteiger partial charge in [0.25, 0.3) is 5.91 Å². The molecule has 6 heteroatoms. The molecule has 0 bridgehead atoms. The van der Waals surface area contributed by atoms with Crippen LogP contribution >= 0.6 is 11.6 Å². The number of halogens is 1. The molecule has 0 radical (unpaired) electrons. The molecule has 0 saturated heterocycles. The molecule has 0 aliphatic carbocycles. The van der Waals surface area contributed by atoms with Gasteiger partial charge in [0.1, 0.15) is 5.15 Å². The van der Waals surface area contributed by atoms with Gasteiger partial charge in [-0.15, -0.1) is 0 Å². The van der Waals surface area contributed by atoms with Crippen molar-refractivity contribution >= 4 is 34.4 Å². The predicted octanol–water partition coefficient (Wildman–Crippen LogP) is 2.86. The predicted molar refractivity (Wildman–Crippen MR) is 73.3 cm³/mol. The van der Waals surface area contributed by atoms with E-state index in [9.17, 15) is 4.79 Å². The molecular weight excluding hydrogens is 264 g/mol. The van der Waals surface area contributed by atoms with Crippen molar-refractivity contribution in [2.24, 2.45) is 0 Å². The molecule has 0 fully saturated rings. The quantitative estimate of drug-likeness (QED) is 0.705. The van der Waals surface area contributed by atoms with Crippen LogP contribution in [0.15, 0.2) is 42.7 Å². The molecule has 1 amide bonds. The first-order valence-corrected chi connectivity index (χ1v) is 5.98. The summed E-state index contributed by atoms with van der Waals surface area (Å²) < 4.78 is 0. The van der Waals surface area contributed by atoms with Crippen LogP contribution in [0, 0.1) is 0 Å². The van der Waals surface area contributed by atoms with Gasteiger partial charge >= 0.3 is 0 Å². The van der Waals surface area contributed by atoms with Crippen molar-refractivity contribution in [2.75, 3.05) is 5.32 Å². The second-order valence-electron chi connectivity index (χ2n) is 3.90.